The van der Waals surface area contributed by atoms with Crippen molar-refractivity contribution in [3.8, 4) is 22.8 Å². The van der Waals surface area contributed by atoms with E-state index < -0.39 is 0 Å². The molecule has 0 spiro atoms. The molecule has 28 heavy (non-hydrogen) atoms. The number of hydrogen-bond donors (Lipinski definition) is 1. The molecule has 3 aromatic rings. The highest BCUT2D eigenvalue weighted by atomic mass is 16.5. The van der Waals surface area contributed by atoms with Gasteiger partial charge in [-0.15, -0.1) is 10.2 Å². The van der Waals surface area contributed by atoms with Crippen LogP contribution in [0.25, 0.3) is 17.1 Å². The van der Waals surface area contributed by atoms with E-state index in [2.05, 4.69) is 15.2 Å². The maximum Gasteiger partial charge on any atom is 0.248 e. The first kappa shape index (κ1) is 19.8. The summed E-state index contributed by atoms with van der Waals surface area (Å²) >= 11 is 0. The Balaban J connectivity index is 1.93. The Morgan fingerprint density at radius 3 is 2.50 bits per heavy atom. The fraction of sp³-hybridized carbons (Fsp3) is 0.350. The minimum absolute atomic E-state index is 0.0627. The molecular weight excluding hydrogens is 360 g/mol. The Morgan fingerprint density at radius 2 is 1.86 bits per heavy atom. The van der Waals surface area contributed by atoms with Crippen LogP contribution in [0.5, 0.6) is 5.75 Å². The fourth-order valence-corrected chi connectivity index (χ4v) is 2.59. The molecule has 148 valence electrons. The summed E-state index contributed by atoms with van der Waals surface area (Å²) in [5.41, 5.74) is 1.45. The van der Waals surface area contributed by atoms with Crippen LogP contribution in [0.1, 0.15) is 19.7 Å². The summed E-state index contributed by atoms with van der Waals surface area (Å²) in [4.78, 5) is 14.1. The molecule has 1 aromatic carbocycles. The summed E-state index contributed by atoms with van der Waals surface area (Å²) in [7, 11) is 1.64. The summed E-state index contributed by atoms with van der Waals surface area (Å²) in [6, 6.07) is 10.8. The van der Waals surface area contributed by atoms with Gasteiger partial charge in [-0.25, -0.2) is 0 Å². The van der Waals surface area contributed by atoms with E-state index in [1.807, 2.05) is 42.7 Å². The molecule has 0 saturated heterocycles. The number of methoxy groups -OCH3 is 1. The van der Waals surface area contributed by atoms with Gasteiger partial charge in [0.15, 0.2) is 11.6 Å². The molecule has 2 aromatic heterocycles. The van der Waals surface area contributed by atoms with Crippen LogP contribution in [-0.2, 0) is 16.1 Å². The van der Waals surface area contributed by atoms with Crippen LogP contribution in [0.3, 0.4) is 0 Å². The highest BCUT2D eigenvalue weighted by Gasteiger charge is 2.16. The fourth-order valence-electron chi connectivity index (χ4n) is 2.59. The van der Waals surface area contributed by atoms with E-state index in [-0.39, 0.29) is 11.7 Å². The quantitative estimate of drug-likeness (QED) is 0.570. The number of benzene rings is 1. The monoisotopic (exact) mass is 384 g/mol. The number of rotatable bonds is 9. The second-order valence-corrected chi connectivity index (χ2v) is 6.41. The molecule has 3 rings (SSSR count). The molecule has 2 heterocycles. The van der Waals surface area contributed by atoms with Gasteiger partial charge in [0.2, 0.25) is 5.56 Å². The normalized spacial score (nSPS) is 11.1. The molecule has 0 aliphatic carbocycles. The Bertz CT molecular complexity index is 927. The summed E-state index contributed by atoms with van der Waals surface area (Å²) < 4.78 is 18.2. The topological polar surface area (TPSA) is 91.3 Å². The van der Waals surface area contributed by atoms with E-state index in [0.29, 0.717) is 31.5 Å². The SMILES string of the molecule is COCCOc1ccc(-c2nnc(COC(C)C)n2-c2ccc(=O)[nH]c2)cc1. The van der Waals surface area contributed by atoms with Crippen molar-refractivity contribution in [1.29, 1.82) is 0 Å². The lowest BCUT2D eigenvalue weighted by atomic mass is 10.2. The molecule has 0 saturated carbocycles. The van der Waals surface area contributed by atoms with Crippen LogP contribution in [0.4, 0.5) is 0 Å². The number of nitrogens with zero attached hydrogens (tertiary/aromatic N) is 3. The number of H-pyrrole nitrogens is 1. The first-order valence-corrected chi connectivity index (χ1v) is 9.05. The van der Waals surface area contributed by atoms with Crippen molar-refractivity contribution in [1.82, 2.24) is 19.7 Å². The number of hydrogen-bond acceptors (Lipinski definition) is 6. The van der Waals surface area contributed by atoms with Crippen LogP contribution in [0.15, 0.2) is 47.4 Å². The van der Waals surface area contributed by atoms with Gasteiger partial charge >= 0.3 is 0 Å². The second kappa shape index (κ2) is 9.29. The molecule has 0 amide bonds. The smallest absolute Gasteiger partial charge is 0.248 e. The van der Waals surface area contributed by atoms with Gasteiger partial charge in [-0.1, -0.05) is 0 Å². The molecule has 8 nitrogen and oxygen atoms in total. The second-order valence-electron chi connectivity index (χ2n) is 6.41. The lowest BCUT2D eigenvalue weighted by molar-refractivity contribution is 0.0604. The third-order valence-corrected chi connectivity index (χ3v) is 3.97. The number of aromatic amines is 1. The van der Waals surface area contributed by atoms with Gasteiger partial charge in [-0.3, -0.25) is 9.36 Å². The largest absolute Gasteiger partial charge is 0.491 e. The van der Waals surface area contributed by atoms with Gasteiger partial charge in [0, 0.05) is 24.9 Å². The van der Waals surface area contributed by atoms with E-state index in [1.165, 1.54) is 6.07 Å². The molecule has 8 heteroatoms. The van der Waals surface area contributed by atoms with Gasteiger partial charge in [0.1, 0.15) is 19.0 Å². The third kappa shape index (κ3) is 4.85. The van der Waals surface area contributed by atoms with E-state index in [9.17, 15) is 4.79 Å². The van der Waals surface area contributed by atoms with Crippen molar-refractivity contribution < 1.29 is 14.2 Å². The first-order valence-electron chi connectivity index (χ1n) is 9.05. The van der Waals surface area contributed by atoms with E-state index in [1.54, 1.807) is 19.4 Å². The van der Waals surface area contributed by atoms with Crippen molar-refractivity contribution >= 4 is 0 Å². The molecule has 0 unspecified atom stereocenters. The number of ether oxygens (including phenoxy) is 3. The molecular formula is C20H24N4O4. The van der Waals surface area contributed by atoms with E-state index in [4.69, 9.17) is 14.2 Å². The lowest BCUT2D eigenvalue weighted by Crippen LogP contribution is -2.11. The first-order chi connectivity index (χ1) is 13.6. The van der Waals surface area contributed by atoms with E-state index >= 15 is 0 Å². The predicted octanol–water partition coefficient (Wildman–Crippen LogP) is 2.57. The van der Waals surface area contributed by atoms with Crippen molar-refractivity contribution in [3.63, 3.8) is 0 Å². The minimum atomic E-state index is -0.170. The molecule has 1 N–H and O–H groups in total. The Kier molecular flexibility index (Phi) is 6.57. The summed E-state index contributed by atoms with van der Waals surface area (Å²) in [6.45, 7) is 5.25. The van der Waals surface area contributed by atoms with Crippen molar-refractivity contribution in [3.05, 3.63) is 58.8 Å². The third-order valence-electron chi connectivity index (χ3n) is 3.97. The zero-order chi connectivity index (χ0) is 19.9. The van der Waals surface area contributed by atoms with Crippen LogP contribution < -0.4 is 10.3 Å². The van der Waals surface area contributed by atoms with Gasteiger partial charge in [0.05, 0.1) is 18.4 Å². The van der Waals surface area contributed by atoms with Gasteiger partial charge in [-0.05, 0) is 44.2 Å². The standard InChI is InChI=1S/C20H24N4O4/c1-14(2)28-13-18-22-23-20(24(18)16-6-9-19(25)21-12-16)15-4-7-17(8-5-15)27-11-10-26-3/h4-9,12,14H,10-11,13H2,1-3H3,(H,21,25). The minimum Gasteiger partial charge on any atom is -0.491 e. The van der Waals surface area contributed by atoms with Crippen LogP contribution in [0.2, 0.25) is 0 Å². The number of pyridine rings is 1. The van der Waals surface area contributed by atoms with Crippen molar-refractivity contribution in [2.75, 3.05) is 20.3 Å². The van der Waals surface area contributed by atoms with Crippen molar-refractivity contribution in [2.24, 2.45) is 0 Å². The maximum absolute atomic E-state index is 11.4. The molecule has 0 aliphatic rings. The number of nitrogens with one attached hydrogen (secondary N) is 1. The van der Waals surface area contributed by atoms with Gasteiger partial charge in [0.25, 0.3) is 0 Å². The van der Waals surface area contributed by atoms with E-state index in [0.717, 1.165) is 17.0 Å². The Hall–Kier alpha value is -2.97. The molecule has 0 atom stereocenters. The number of aromatic nitrogens is 4. The summed E-state index contributed by atoms with van der Waals surface area (Å²) in [5, 5.41) is 8.64. The van der Waals surface area contributed by atoms with Crippen LogP contribution in [-0.4, -0.2) is 46.2 Å². The highest BCUT2D eigenvalue weighted by molar-refractivity contribution is 5.59. The van der Waals surface area contributed by atoms with Gasteiger partial charge < -0.3 is 19.2 Å². The average molecular weight is 384 g/mol. The van der Waals surface area contributed by atoms with Gasteiger partial charge in [-0.2, -0.15) is 0 Å². The highest BCUT2D eigenvalue weighted by Crippen LogP contribution is 2.25. The van der Waals surface area contributed by atoms with Crippen LogP contribution >= 0.6 is 0 Å². The Labute approximate surface area is 163 Å². The summed E-state index contributed by atoms with van der Waals surface area (Å²) in [5.74, 6) is 2.05. The average Bonchev–Trinajstić information content (AvgIpc) is 3.12. The zero-order valence-electron chi connectivity index (χ0n) is 16.2. The molecule has 0 bridgehead atoms. The lowest BCUT2D eigenvalue weighted by Gasteiger charge is -2.12. The zero-order valence-corrected chi connectivity index (χ0v) is 16.2. The molecule has 0 aliphatic heterocycles. The van der Waals surface area contributed by atoms with Crippen molar-refractivity contribution in [2.45, 2.75) is 26.6 Å². The molecule has 0 radical (unpaired) electrons. The predicted molar refractivity (Wildman–Crippen MR) is 105 cm³/mol. The van der Waals surface area contributed by atoms with Crippen LogP contribution in [0, 0.1) is 0 Å². The Morgan fingerprint density at radius 1 is 1.07 bits per heavy atom. The maximum atomic E-state index is 11.4. The summed E-state index contributed by atoms with van der Waals surface area (Å²) in [6.07, 6.45) is 1.70. The molecule has 0 fully saturated rings.